The molecular formula is C28H34N6O. The molecule has 7 heteroatoms. The molecule has 5 rings (SSSR count). The molecule has 1 saturated carbocycles. The molecule has 1 N–H and O–H groups in total. The van der Waals surface area contributed by atoms with Crippen LogP contribution in [0.15, 0.2) is 59.4 Å². The van der Waals surface area contributed by atoms with Crippen LogP contribution in [0.5, 0.6) is 0 Å². The number of aryl methyl sites for hydroxylation is 1. The van der Waals surface area contributed by atoms with E-state index in [2.05, 4.69) is 68.7 Å². The van der Waals surface area contributed by atoms with Crippen LogP contribution in [0.1, 0.15) is 67.6 Å². The lowest BCUT2D eigenvalue weighted by Crippen LogP contribution is -2.30. The van der Waals surface area contributed by atoms with Crippen molar-refractivity contribution in [3.05, 3.63) is 87.5 Å². The van der Waals surface area contributed by atoms with Gasteiger partial charge >= 0.3 is 0 Å². The molecule has 1 aliphatic rings. The molecule has 0 atom stereocenters. The predicted octanol–water partition coefficient (Wildman–Crippen LogP) is 4.83. The SMILES string of the molecule is CCc1ccc2[nH]c(=O)c(CN(CCc3ccccc3)Cc3nnnn3C3CCCCC3)cc2c1. The molecule has 0 unspecified atom stereocenters. The average molecular weight is 471 g/mol. The molecule has 1 fully saturated rings. The summed E-state index contributed by atoms with van der Waals surface area (Å²) in [6.45, 7) is 4.12. The number of rotatable bonds is 9. The number of hydrogen-bond acceptors (Lipinski definition) is 5. The van der Waals surface area contributed by atoms with Gasteiger partial charge in [0, 0.05) is 24.2 Å². The van der Waals surface area contributed by atoms with Crippen LogP contribution in [0.25, 0.3) is 10.9 Å². The monoisotopic (exact) mass is 470 g/mol. The van der Waals surface area contributed by atoms with Gasteiger partial charge in [-0.3, -0.25) is 9.69 Å². The molecule has 35 heavy (non-hydrogen) atoms. The van der Waals surface area contributed by atoms with E-state index >= 15 is 0 Å². The highest BCUT2D eigenvalue weighted by atomic mass is 16.1. The molecule has 0 amide bonds. The lowest BCUT2D eigenvalue weighted by Gasteiger charge is -2.25. The highest BCUT2D eigenvalue weighted by Gasteiger charge is 2.22. The third-order valence-corrected chi connectivity index (χ3v) is 7.19. The molecule has 0 bridgehead atoms. The smallest absolute Gasteiger partial charge is 0.252 e. The Balaban J connectivity index is 1.41. The van der Waals surface area contributed by atoms with Gasteiger partial charge in [0.05, 0.1) is 12.6 Å². The summed E-state index contributed by atoms with van der Waals surface area (Å²) < 4.78 is 2.03. The fraction of sp³-hybridized carbons (Fsp3) is 0.429. The number of H-pyrrole nitrogens is 1. The molecule has 0 aliphatic heterocycles. The Kier molecular flexibility index (Phi) is 7.33. The summed E-state index contributed by atoms with van der Waals surface area (Å²) in [4.78, 5) is 18.4. The number of nitrogens with zero attached hydrogens (tertiary/aromatic N) is 5. The van der Waals surface area contributed by atoms with Gasteiger partial charge in [-0.1, -0.05) is 62.6 Å². The minimum atomic E-state index is -0.0293. The van der Waals surface area contributed by atoms with Gasteiger partial charge in [-0.15, -0.1) is 5.10 Å². The molecule has 0 spiro atoms. The Morgan fingerprint density at radius 2 is 1.83 bits per heavy atom. The van der Waals surface area contributed by atoms with E-state index in [1.807, 2.05) is 22.9 Å². The van der Waals surface area contributed by atoms with E-state index in [9.17, 15) is 4.79 Å². The standard InChI is InChI=1S/C28H34N6O/c1-2-21-13-14-26-23(17-21)18-24(28(35)29-26)19-33(16-15-22-9-5-3-6-10-22)20-27-30-31-32-34(27)25-11-7-4-8-12-25/h3,5-6,9-10,13-14,17-18,25H,2,4,7-8,11-12,15-16,19-20H2,1H3,(H,29,35). The van der Waals surface area contributed by atoms with E-state index in [1.54, 1.807) is 0 Å². The van der Waals surface area contributed by atoms with Crippen molar-refractivity contribution in [1.82, 2.24) is 30.1 Å². The quantitative estimate of drug-likeness (QED) is 0.379. The van der Waals surface area contributed by atoms with Crippen molar-refractivity contribution < 1.29 is 0 Å². The second-order valence-corrected chi connectivity index (χ2v) is 9.68. The van der Waals surface area contributed by atoms with E-state index in [1.165, 1.54) is 30.4 Å². The molecule has 2 aromatic carbocycles. The molecule has 7 nitrogen and oxygen atoms in total. The number of fused-ring (bicyclic) bond motifs is 1. The maximum Gasteiger partial charge on any atom is 0.252 e. The van der Waals surface area contributed by atoms with Crippen molar-refractivity contribution in [2.75, 3.05) is 6.54 Å². The zero-order valence-corrected chi connectivity index (χ0v) is 20.5. The number of tetrazole rings is 1. The third kappa shape index (κ3) is 5.68. The average Bonchev–Trinajstić information content (AvgIpc) is 3.36. The molecule has 2 aromatic heterocycles. The summed E-state index contributed by atoms with van der Waals surface area (Å²) in [5.41, 5.74) is 4.18. The van der Waals surface area contributed by atoms with Gasteiger partial charge in [0.15, 0.2) is 5.82 Å². The number of benzene rings is 2. The zero-order chi connectivity index (χ0) is 24.0. The van der Waals surface area contributed by atoms with Gasteiger partial charge in [-0.05, 0) is 70.8 Å². The maximum absolute atomic E-state index is 13.0. The van der Waals surface area contributed by atoms with Gasteiger partial charge in [0.2, 0.25) is 0 Å². The summed E-state index contributed by atoms with van der Waals surface area (Å²) in [5, 5.41) is 13.9. The minimum absolute atomic E-state index is 0.0293. The summed E-state index contributed by atoms with van der Waals surface area (Å²) in [5.74, 6) is 0.885. The van der Waals surface area contributed by atoms with Crippen LogP contribution < -0.4 is 5.56 Å². The molecule has 0 radical (unpaired) electrons. The largest absolute Gasteiger partial charge is 0.322 e. The van der Waals surface area contributed by atoms with Crippen molar-refractivity contribution in [2.24, 2.45) is 0 Å². The van der Waals surface area contributed by atoms with E-state index in [0.717, 1.165) is 54.5 Å². The predicted molar refractivity (Wildman–Crippen MR) is 138 cm³/mol. The summed E-state index contributed by atoms with van der Waals surface area (Å²) in [7, 11) is 0. The van der Waals surface area contributed by atoms with E-state index in [-0.39, 0.29) is 5.56 Å². The Morgan fingerprint density at radius 1 is 1.00 bits per heavy atom. The Labute approximate surface area is 206 Å². The van der Waals surface area contributed by atoms with Crippen LogP contribution in [-0.2, 0) is 25.9 Å². The molecule has 0 saturated heterocycles. The normalized spacial score (nSPS) is 14.7. The summed E-state index contributed by atoms with van der Waals surface area (Å²) in [6.07, 6.45) is 7.89. The van der Waals surface area contributed by atoms with Gasteiger partial charge in [0.1, 0.15) is 0 Å². The van der Waals surface area contributed by atoms with E-state index in [0.29, 0.717) is 19.1 Å². The van der Waals surface area contributed by atoms with Gasteiger partial charge in [0.25, 0.3) is 5.56 Å². The number of aromatic amines is 1. The van der Waals surface area contributed by atoms with Gasteiger partial charge < -0.3 is 4.98 Å². The van der Waals surface area contributed by atoms with Crippen LogP contribution in [0.2, 0.25) is 0 Å². The van der Waals surface area contributed by atoms with Crippen LogP contribution in [0.4, 0.5) is 0 Å². The topological polar surface area (TPSA) is 79.7 Å². The highest BCUT2D eigenvalue weighted by molar-refractivity contribution is 5.79. The molecule has 4 aromatic rings. The van der Waals surface area contributed by atoms with Crippen LogP contribution in [0, 0.1) is 0 Å². The highest BCUT2D eigenvalue weighted by Crippen LogP contribution is 2.28. The first kappa shape index (κ1) is 23.4. The lowest BCUT2D eigenvalue weighted by atomic mass is 9.95. The van der Waals surface area contributed by atoms with Gasteiger partial charge in [-0.2, -0.15) is 0 Å². The molecule has 2 heterocycles. The Morgan fingerprint density at radius 3 is 2.63 bits per heavy atom. The first-order valence-electron chi connectivity index (χ1n) is 12.9. The second-order valence-electron chi connectivity index (χ2n) is 9.68. The Bertz CT molecular complexity index is 1310. The summed E-state index contributed by atoms with van der Waals surface area (Å²) >= 11 is 0. The zero-order valence-electron chi connectivity index (χ0n) is 20.5. The van der Waals surface area contributed by atoms with Crippen LogP contribution >= 0.6 is 0 Å². The van der Waals surface area contributed by atoms with Crippen molar-refractivity contribution in [1.29, 1.82) is 0 Å². The van der Waals surface area contributed by atoms with E-state index in [4.69, 9.17) is 0 Å². The third-order valence-electron chi connectivity index (χ3n) is 7.19. The maximum atomic E-state index is 13.0. The summed E-state index contributed by atoms with van der Waals surface area (Å²) in [6, 6.07) is 19.2. The van der Waals surface area contributed by atoms with Crippen molar-refractivity contribution >= 4 is 10.9 Å². The van der Waals surface area contributed by atoms with Crippen molar-refractivity contribution in [3.8, 4) is 0 Å². The number of pyridine rings is 1. The number of hydrogen-bond donors (Lipinski definition) is 1. The number of aromatic nitrogens is 5. The van der Waals surface area contributed by atoms with E-state index < -0.39 is 0 Å². The molecule has 1 aliphatic carbocycles. The minimum Gasteiger partial charge on any atom is -0.322 e. The van der Waals surface area contributed by atoms with Gasteiger partial charge in [-0.25, -0.2) is 4.68 Å². The lowest BCUT2D eigenvalue weighted by molar-refractivity contribution is 0.235. The Hall–Kier alpha value is -3.32. The van der Waals surface area contributed by atoms with Crippen molar-refractivity contribution in [3.63, 3.8) is 0 Å². The molecular weight excluding hydrogens is 436 g/mol. The first-order chi connectivity index (χ1) is 17.2. The van der Waals surface area contributed by atoms with Crippen LogP contribution in [0.3, 0.4) is 0 Å². The van der Waals surface area contributed by atoms with Crippen molar-refractivity contribution in [2.45, 2.75) is 71.0 Å². The van der Waals surface area contributed by atoms with Crippen LogP contribution in [-0.4, -0.2) is 36.6 Å². The fourth-order valence-electron chi connectivity index (χ4n) is 5.15. The second kappa shape index (κ2) is 11.0. The molecule has 182 valence electrons. The first-order valence-corrected chi connectivity index (χ1v) is 12.9. The fourth-order valence-corrected chi connectivity index (χ4v) is 5.15. The number of nitrogens with one attached hydrogen (secondary N) is 1.